The van der Waals surface area contributed by atoms with Gasteiger partial charge >= 0.3 is 0 Å². The zero-order chi connectivity index (χ0) is 20.5. The first-order valence-electron chi connectivity index (χ1n) is 9.47. The molecule has 0 atom stereocenters. The van der Waals surface area contributed by atoms with E-state index in [1.807, 2.05) is 55.5 Å². The number of hydrogen-bond acceptors (Lipinski definition) is 2. The summed E-state index contributed by atoms with van der Waals surface area (Å²) in [5, 5.41) is 4.41. The minimum Gasteiger partial charge on any atom is -0.322 e. The molecule has 3 aromatic carbocycles. The average molecular weight is 401 g/mol. The van der Waals surface area contributed by atoms with Crippen LogP contribution in [-0.2, 0) is 0 Å². The number of halogens is 1. The van der Waals surface area contributed by atoms with Gasteiger partial charge in [0.05, 0.1) is 16.8 Å². The highest BCUT2D eigenvalue weighted by Gasteiger charge is 2.15. The summed E-state index contributed by atoms with van der Waals surface area (Å²) in [5.74, 6) is -0.181. The van der Waals surface area contributed by atoms with Gasteiger partial charge in [-0.15, -0.1) is 0 Å². The summed E-state index contributed by atoms with van der Waals surface area (Å²) >= 11 is 6.11. The van der Waals surface area contributed by atoms with Crippen molar-refractivity contribution in [2.45, 2.75) is 20.8 Å². The summed E-state index contributed by atoms with van der Waals surface area (Å²) in [6.07, 6.45) is 0. The normalized spacial score (nSPS) is 10.9. The molecule has 4 heteroatoms. The third kappa shape index (κ3) is 3.87. The molecule has 0 unspecified atom stereocenters. The van der Waals surface area contributed by atoms with Crippen molar-refractivity contribution in [2.24, 2.45) is 0 Å². The molecule has 0 aliphatic heterocycles. The van der Waals surface area contributed by atoms with Gasteiger partial charge in [-0.25, -0.2) is 4.98 Å². The molecule has 1 N–H and O–H groups in total. The Kier molecular flexibility index (Phi) is 5.08. The van der Waals surface area contributed by atoms with Gasteiger partial charge in [0, 0.05) is 21.7 Å². The van der Waals surface area contributed by atoms with Gasteiger partial charge in [0.25, 0.3) is 5.91 Å². The lowest BCUT2D eigenvalue weighted by Crippen LogP contribution is -2.14. The number of carbonyl (C=O) groups excluding carboxylic acids is 1. The minimum atomic E-state index is -0.181. The van der Waals surface area contributed by atoms with E-state index in [1.165, 1.54) is 11.1 Å². The molecule has 1 heterocycles. The van der Waals surface area contributed by atoms with Crippen LogP contribution in [0.3, 0.4) is 0 Å². The van der Waals surface area contributed by atoms with Gasteiger partial charge in [0.15, 0.2) is 0 Å². The number of anilines is 1. The number of amides is 1. The van der Waals surface area contributed by atoms with Crippen LogP contribution in [0.25, 0.3) is 22.2 Å². The fraction of sp³-hybridized carbons (Fsp3) is 0.120. The number of aryl methyl sites for hydroxylation is 3. The molecule has 29 heavy (non-hydrogen) atoms. The third-order valence-electron chi connectivity index (χ3n) is 5.21. The second-order valence-corrected chi connectivity index (χ2v) is 7.72. The molecule has 3 nitrogen and oxygen atoms in total. The second kappa shape index (κ2) is 7.69. The molecular weight excluding hydrogens is 380 g/mol. The molecule has 0 spiro atoms. The van der Waals surface area contributed by atoms with E-state index in [1.54, 1.807) is 6.07 Å². The van der Waals surface area contributed by atoms with E-state index in [0.717, 1.165) is 27.7 Å². The summed E-state index contributed by atoms with van der Waals surface area (Å²) in [5.41, 5.74) is 7.22. The quantitative estimate of drug-likeness (QED) is 0.414. The highest BCUT2D eigenvalue weighted by Crippen LogP contribution is 2.28. The molecule has 0 bridgehead atoms. The van der Waals surface area contributed by atoms with E-state index < -0.39 is 0 Å². The summed E-state index contributed by atoms with van der Waals surface area (Å²) in [7, 11) is 0. The largest absolute Gasteiger partial charge is 0.322 e. The Morgan fingerprint density at radius 1 is 0.862 bits per heavy atom. The molecular formula is C25H21ClN2O. The Morgan fingerprint density at radius 2 is 1.62 bits per heavy atom. The summed E-state index contributed by atoms with van der Waals surface area (Å²) in [6.45, 7) is 6.10. The average Bonchev–Trinajstić information content (AvgIpc) is 2.72. The number of benzene rings is 3. The maximum Gasteiger partial charge on any atom is 0.256 e. The molecule has 4 rings (SSSR count). The molecule has 0 fully saturated rings. The zero-order valence-electron chi connectivity index (χ0n) is 16.6. The van der Waals surface area contributed by atoms with Gasteiger partial charge in [0.2, 0.25) is 0 Å². The monoisotopic (exact) mass is 400 g/mol. The van der Waals surface area contributed by atoms with Crippen LogP contribution >= 0.6 is 11.6 Å². The van der Waals surface area contributed by atoms with Crippen LogP contribution in [-0.4, -0.2) is 10.9 Å². The number of carbonyl (C=O) groups is 1. The molecule has 144 valence electrons. The molecule has 1 aromatic heterocycles. The SMILES string of the molecule is Cc1ccc(-c2cc(C(=O)Nc3cc(Cl)ccc3C)c3ccccc3n2)cc1C. The van der Waals surface area contributed by atoms with Crippen LogP contribution < -0.4 is 5.32 Å². The van der Waals surface area contributed by atoms with Crippen LogP contribution in [0.1, 0.15) is 27.0 Å². The van der Waals surface area contributed by atoms with Gasteiger partial charge in [0.1, 0.15) is 0 Å². The summed E-state index contributed by atoms with van der Waals surface area (Å²) < 4.78 is 0. The Labute approximate surface area is 175 Å². The first-order chi connectivity index (χ1) is 13.9. The lowest BCUT2D eigenvalue weighted by Gasteiger charge is -2.13. The van der Waals surface area contributed by atoms with Gasteiger partial charge in [-0.05, 0) is 67.8 Å². The van der Waals surface area contributed by atoms with Crippen LogP contribution in [0.4, 0.5) is 5.69 Å². The number of nitrogens with zero attached hydrogens (tertiary/aromatic N) is 1. The van der Waals surface area contributed by atoms with Crippen molar-refractivity contribution in [3.8, 4) is 11.3 Å². The van der Waals surface area contributed by atoms with Crippen molar-refractivity contribution >= 4 is 34.1 Å². The first kappa shape index (κ1) is 19.2. The van der Waals surface area contributed by atoms with Crippen molar-refractivity contribution in [1.82, 2.24) is 4.98 Å². The smallest absolute Gasteiger partial charge is 0.256 e. The Hall–Kier alpha value is -3.17. The Bertz CT molecular complexity index is 1250. The fourth-order valence-electron chi connectivity index (χ4n) is 3.33. The van der Waals surface area contributed by atoms with Crippen molar-refractivity contribution in [3.63, 3.8) is 0 Å². The van der Waals surface area contributed by atoms with Gasteiger partial charge in [-0.3, -0.25) is 4.79 Å². The number of rotatable bonds is 3. The van der Waals surface area contributed by atoms with E-state index >= 15 is 0 Å². The lowest BCUT2D eigenvalue weighted by molar-refractivity contribution is 0.102. The van der Waals surface area contributed by atoms with E-state index in [-0.39, 0.29) is 5.91 Å². The standard InChI is InChI=1S/C25H21ClN2O/c1-15-8-10-18(12-17(15)3)24-14-21(20-6-4-5-7-22(20)27-24)25(29)28-23-13-19(26)11-9-16(23)2/h4-14H,1-3H3,(H,28,29). The zero-order valence-corrected chi connectivity index (χ0v) is 17.3. The summed E-state index contributed by atoms with van der Waals surface area (Å²) in [6, 6.07) is 21.3. The van der Waals surface area contributed by atoms with E-state index in [4.69, 9.17) is 16.6 Å². The molecule has 0 saturated heterocycles. The van der Waals surface area contributed by atoms with Gasteiger partial charge < -0.3 is 5.32 Å². The maximum absolute atomic E-state index is 13.2. The number of nitrogens with one attached hydrogen (secondary N) is 1. The Morgan fingerprint density at radius 3 is 2.41 bits per heavy atom. The molecule has 4 aromatic rings. The van der Waals surface area contributed by atoms with Crippen LogP contribution in [0.2, 0.25) is 5.02 Å². The minimum absolute atomic E-state index is 0.181. The first-order valence-corrected chi connectivity index (χ1v) is 9.85. The highest BCUT2D eigenvalue weighted by atomic mass is 35.5. The lowest BCUT2D eigenvalue weighted by atomic mass is 10.0. The number of para-hydroxylation sites is 1. The second-order valence-electron chi connectivity index (χ2n) is 7.28. The van der Waals surface area contributed by atoms with Crippen LogP contribution in [0.15, 0.2) is 66.7 Å². The maximum atomic E-state index is 13.2. The summed E-state index contributed by atoms with van der Waals surface area (Å²) in [4.78, 5) is 18.0. The van der Waals surface area contributed by atoms with E-state index in [0.29, 0.717) is 16.3 Å². The topological polar surface area (TPSA) is 42.0 Å². The van der Waals surface area contributed by atoms with Gasteiger partial charge in [-0.1, -0.05) is 48.0 Å². The van der Waals surface area contributed by atoms with E-state index in [2.05, 4.69) is 31.3 Å². The number of fused-ring (bicyclic) bond motifs is 1. The predicted octanol–water partition coefficient (Wildman–Crippen LogP) is 6.73. The molecule has 0 aliphatic rings. The van der Waals surface area contributed by atoms with Crippen molar-refractivity contribution in [3.05, 3.63) is 94.0 Å². The Balaban J connectivity index is 1.83. The van der Waals surface area contributed by atoms with Crippen molar-refractivity contribution in [1.29, 1.82) is 0 Å². The number of hydrogen-bond donors (Lipinski definition) is 1. The fourth-order valence-corrected chi connectivity index (χ4v) is 3.50. The van der Waals surface area contributed by atoms with Gasteiger partial charge in [-0.2, -0.15) is 0 Å². The van der Waals surface area contributed by atoms with E-state index in [9.17, 15) is 4.79 Å². The predicted molar refractivity (Wildman–Crippen MR) is 121 cm³/mol. The van der Waals surface area contributed by atoms with Crippen molar-refractivity contribution < 1.29 is 4.79 Å². The highest BCUT2D eigenvalue weighted by molar-refractivity contribution is 6.31. The molecule has 0 aliphatic carbocycles. The third-order valence-corrected chi connectivity index (χ3v) is 5.45. The number of pyridine rings is 1. The van der Waals surface area contributed by atoms with Crippen LogP contribution in [0.5, 0.6) is 0 Å². The number of aromatic nitrogens is 1. The van der Waals surface area contributed by atoms with Crippen LogP contribution in [0, 0.1) is 20.8 Å². The molecule has 0 saturated carbocycles. The molecule has 1 amide bonds. The molecule has 0 radical (unpaired) electrons. The van der Waals surface area contributed by atoms with Crippen molar-refractivity contribution in [2.75, 3.05) is 5.32 Å².